The summed E-state index contributed by atoms with van der Waals surface area (Å²) in [5.74, 6) is 0.205. The summed E-state index contributed by atoms with van der Waals surface area (Å²) in [5, 5.41) is 5.82. The van der Waals surface area contributed by atoms with E-state index in [4.69, 9.17) is 5.73 Å². The molecule has 106 valence electrons. The van der Waals surface area contributed by atoms with Crippen molar-refractivity contribution in [3.8, 4) is 0 Å². The first-order chi connectivity index (χ1) is 9.56. The highest BCUT2D eigenvalue weighted by Gasteiger charge is 2.15. The first kappa shape index (κ1) is 14.5. The standard InChI is InChI=1S/C15H19N3OS/c1-10(12-3-5-13(16)6-4-12)9-14(19)18-11(2)15-17-7-8-20-15/h3-8,10-11H,9,16H2,1-2H3,(H,18,19). The summed E-state index contributed by atoms with van der Waals surface area (Å²) in [7, 11) is 0. The molecular weight excluding hydrogens is 270 g/mol. The van der Waals surface area contributed by atoms with Gasteiger partial charge in [0, 0.05) is 23.7 Å². The fourth-order valence-corrected chi connectivity index (χ4v) is 2.68. The van der Waals surface area contributed by atoms with Crippen LogP contribution in [0.5, 0.6) is 0 Å². The largest absolute Gasteiger partial charge is 0.399 e. The van der Waals surface area contributed by atoms with Crippen molar-refractivity contribution in [3.05, 3.63) is 46.4 Å². The molecule has 5 heteroatoms. The summed E-state index contributed by atoms with van der Waals surface area (Å²) in [6, 6.07) is 7.62. The van der Waals surface area contributed by atoms with Gasteiger partial charge in [-0.1, -0.05) is 19.1 Å². The van der Waals surface area contributed by atoms with Crippen LogP contribution < -0.4 is 11.1 Å². The molecule has 2 aromatic rings. The smallest absolute Gasteiger partial charge is 0.221 e. The molecule has 2 atom stereocenters. The zero-order valence-corrected chi connectivity index (χ0v) is 12.5. The van der Waals surface area contributed by atoms with E-state index in [0.717, 1.165) is 16.3 Å². The van der Waals surface area contributed by atoms with Gasteiger partial charge < -0.3 is 11.1 Å². The van der Waals surface area contributed by atoms with Crippen molar-refractivity contribution in [2.45, 2.75) is 32.2 Å². The number of rotatable bonds is 5. The number of carbonyl (C=O) groups is 1. The molecule has 0 saturated heterocycles. The van der Waals surface area contributed by atoms with Crippen molar-refractivity contribution in [3.63, 3.8) is 0 Å². The molecule has 0 radical (unpaired) electrons. The van der Waals surface area contributed by atoms with E-state index >= 15 is 0 Å². The Bertz CT molecular complexity index is 551. The summed E-state index contributed by atoms with van der Waals surface area (Å²) >= 11 is 1.55. The van der Waals surface area contributed by atoms with Gasteiger partial charge in [0.05, 0.1) is 6.04 Å². The second-order valence-corrected chi connectivity index (χ2v) is 5.86. The number of benzene rings is 1. The molecule has 0 aliphatic rings. The Hall–Kier alpha value is -1.88. The summed E-state index contributed by atoms with van der Waals surface area (Å²) in [5.41, 5.74) is 7.52. The number of carbonyl (C=O) groups excluding carboxylic acids is 1. The molecule has 20 heavy (non-hydrogen) atoms. The molecule has 0 aliphatic heterocycles. The number of anilines is 1. The first-order valence-electron chi connectivity index (χ1n) is 6.60. The van der Waals surface area contributed by atoms with E-state index in [0.29, 0.717) is 6.42 Å². The minimum absolute atomic E-state index is 0.0389. The molecule has 2 rings (SSSR count). The topological polar surface area (TPSA) is 68.0 Å². The van der Waals surface area contributed by atoms with Crippen LogP contribution in [0.4, 0.5) is 5.69 Å². The van der Waals surface area contributed by atoms with E-state index in [2.05, 4.69) is 10.3 Å². The van der Waals surface area contributed by atoms with Crippen LogP contribution in [0.3, 0.4) is 0 Å². The lowest BCUT2D eigenvalue weighted by Crippen LogP contribution is -2.27. The molecule has 1 heterocycles. The van der Waals surface area contributed by atoms with Crippen molar-refractivity contribution in [1.29, 1.82) is 0 Å². The average molecular weight is 289 g/mol. The maximum absolute atomic E-state index is 12.0. The van der Waals surface area contributed by atoms with Crippen LogP contribution in [-0.4, -0.2) is 10.9 Å². The summed E-state index contributed by atoms with van der Waals surface area (Å²) in [6.07, 6.45) is 2.21. The maximum Gasteiger partial charge on any atom is 0.221 e. The Kier molecular flexibility index (Phi) is 4.74. The average Bonchev–Trinajstić information content (AvgIpc) is 2.93. The zero-order valence-electron chi connectivity index (χ0n) is 11.7. The molecule has 0 aliphatic carbocycles. The number of nitrogens with zero attached hydrogens (tertiary/aromatic N) is 1. The third kappa shape index (κ3) is 3.81. The number of nitrogen functional groups attached to an aromatic ring is 1. The molecule has 0 spiro atoms. The third-order valence-electron chi connectivity index (χ3n) is 3.20. The molecule has 1 aromatic carbocycles. The fraction of sp³-hybridized carbons (Fsp3) is 0.333. The van der Waals surface area contributed by atoms with Gasteiger partial charge in [0.1, 0.15) is 5.01 Å². The number of nitrogens with two attached hydrogens (primary N) is 1. The third-order valence-corrected chi connectivity index (χ3v) is 4.15. The molecule has 0 bridgehead atoms. The lowest BCUT2D eigenvalue weighted by molar-refractivity contribution is -0.122. The van der Waals surface area contributed by atoms with Crippen LogP contribution in [0.25, 0.3) is 0 Å². The summed E-state index contributed by atoms with van der Waals surface area (Å²) in [4.78, 5) is 16.2. The van der Waals surface area contributed by atoms with Gasteiger partial charge >= 0.3 is 0 Å². The van der Waals surface area contributed by atoms with Crippen LogP contribution >= 0.6 is 11.3 Å². The van der Waals surface area contributed by atoms with Gasteiger partial charge in [0.15, 0.2) is 0 Å². The maximum atomic E-state index is 12.0. The molecule has 2 unspecified atom stereocenters. The van der Waals surface area contributed by atoms with Crippen LogP contribution in [0.15, 0.2) is 35.8 Å². The highest BCUT2D eigenvalue weighted by Crippen LogP contribution is 2.21. The predicted octanol–water partition coefficient (Wildman–Crippen LogP) is 3.10. The lowest BCUT2D eigenvalue weighted by atomic mass is 9.97. The van der Waals surface area contributed by atoms with Gasteiger partial charge in [0.25, 0.3) is 0 Å². The van der Waals surface area contributed by atoms with Crippen LogP contribution in [-0.2, 0) is 4.79 Å². The SMILES string of the molecule is CC(CC(=O)NC(C)c1nccs1)c1ccc(N)cc1. The lowest BCUT2D eigenvalue weighted by Gasteiger charge is -2.15. The monoisotopic (exact) mass is 289 g/mol. The van der Waals surface area contributed by atoms with E-state index in [1.165, 1.54) is 0 Å². The number of thiazole rings is 1. The molecule has 0 fully saturated rings. The van der Waals surface area contributed by atoms with E-state index < -0.39 is 0 Å². The Morgan fingerprint density at radius 3 is 2.65 bits per heavy atom. The second kappa shape index (κ2) is 6.52. The van der Waals surface area contributed by atoms with Gasteiger partial charge in [-0.2, -0.15) is 0 Å². The van der Waals surface area contributed by atoms with Crippen molar-refractivity contribution in [2.24, 2.45) is 0 Å². The van der Waals surface area contributed by atoms with Gasteiger partial charge in [0.2, 0.25) is 5.91 Å². The molecular formula is C15H19N3OS. The Labute approximate surface area is 123 Å². The molecule has 0 saturated carbocycles. The van der Waals surface area contributed by atoms with Crippen molar-refractivity contribution < 1.29 is 4.79 Å². The van der Waals surface area contributed by atoms with Gasteiger partial charge in [-0.05, 0) is 30.5 Å². The van der Waals surface area contributed by atoms with Crippen LogP contribution in [0.1, 0.15) is 42.8 Å². The van der Waals surface area contributed by atoms with E-state index in [-0.39, 0.29) is 17.9 Å². The van der Waals surface area contributed by atoms with Gasteiger partial charge in [-0.15, -0.1) is 11.3 Å². The molecule has 1 amide bonds. The number of hydrogen-bond acceptors (Lipinski definition) is 4. The minimum atomic E-state index is -0.0406. The van der Waals surface area contributed by atoms with Gasteiger partial charge in [-0.25, -0.2) is 4.98 Å². The highest BCUT2D eigenvalue weighted by molar-refractivity contribution is 7.09. The quantitative estimate of drug-likeness (QED) is 0.831. The molecule has 4 nitrogen and oxygen atoms in total. The van der Waals surface area contributed by atoms with E-state index in [1.807, 2.05) is 43.5 Å². The number of nitrogens with one attached hydrogen (secondary N) is 1. The Morgan fingerprint density at radius 1 is 1.35 bits per heavy atom. The van der Waals surface area contributed by atoms with Crippen LogP contribution in [0.2, 0.25) is 0 Å². The summed E-state index contributed by atoms with van der Waals surface area (Å²) in [6.45, 7) is 3.99. The Morgan fingerprint density at radius 2 is 2.05 bits per heavy atom. The zero-order chi connectivity index (χ0) is 14.5. The second-order valence-electron chi connectivity index (χ2n) is 4.93. The fourth-order valence-electron chi connectivity index (χ4n) is 2.03. The van der Waals surface area contributed by atoms with Gasteiger partial charge in [-0.3, -0.25) is 4.79 Å². The predicted molar refractivity (Wildman–Crippen MR) is 82.6 cm³/mol. The molecule has 1 aromatic heterocycles. The van der Waals surface area contributed by atoms with Crippen molar-refractivity contribution in [1.82, 2.24) is 10.3 Å². The number of amides is 1. The number of aromatic nitrogens is 1. The highest BCUT2D eigenvalue weighted by atomic mass is 32.1. The van der Waals surface area contributed by atoms with Crippen molar-refractivity contribution >= 4 is 22.9 Å². The van der Waals surface area contributed by atoms with Crippen LogP contribution in [0, 0.1) is 0 Å². The minimum Gasteiger partial charge on any atom is -0.399 e. The molecule has 3 N–H and O–H groups in total. The first-order valence-corrected chi connectivity index (χ1v) is 7.48. The normalized spacial score (nSPS) is 13.7. The number of hydrogen-bond donors (Lipinski definition) is 2. The summed E-state index contributed by atoms with van der Waals surface area (Å²) < 4.78 is 0. The van der Waals surface area contributed by atoms with E-state index in [1.54, 1.807) is 17.5 Å². The Balaban J connectivity index is 1.89. The van der Waals surface area contributed by atoms with E-state index in [9.17, 15) is 4.79 Å². The van der Waals surface area contributed by atoms with Crippen molar-refractivity contribution in [2.75, 3.05) is 5.73 Å².